The second-order valence-electron chi connectivity index (χ2n) is 5.40. The number of nitrogens with one attached hydrogen (secondary N) is 1. The maximum atomic E-state index is 12.2. The Morgan fingerprint density at radius 1 is 1.36 bits per heavy atom. The molecule has 8 nitrogen and oxygen atoms in total. The molecule has 0 fully saturated rings. The predicted molar refractivity (Wildman–Crippen MR) is 94.9 cm³/mol. The number of rotatable bonds is 6. The zero-order chi connectivity index (χ0) is 18.6. The van der Waals surface area contributed by atoms with E-state index in [1.165, 1.54) is 6.08 Å². The van der Waals surface area contributed by atoms with Crippen LogP contribution in [-0.2, 0) is 16.2 Å². The summed E-state index contributed by atoms with van der Waals surface area (Å²) in [5.74, 6) is -0.896. The molecule has 0 atom stereocenters. The lowest BCUT2D eigenvalue weighted by Gasteiger charge is -2.05. The highest BCUT2D eigenvalue weighted by molar-refractivity contribution is 9.10. The van der Waals surface area contributed by atoms with Crippen molar-refractivity contribution in [3.63, 3.8) is 0 Å². The van der Waals surface area contributed by atoms with Crippen molar-refractivity contribution in [3.8, 4) is 0 Å². The van der Waals surface area contributed by atoms with Crippen LogP contribution in [0.1, 0.15) is 35.7 Å². The molecule has 0 radical (unpaired) electrons. The molecule has 2 rings (SSSR count). The molecule has 2 heterocycles. The summed E-state index contributed by atoms with van der Waals surface area (Å²) in [5, 5.41) is 11.2. The zero-order valence-electron chi connectivity index (χ0n) is 14.5. The Balaban J connectivity index is 2.04. The minimum atomic E-state index is -0.499. The molecule has 0 aliphatic heterocycles. The highest BCUT2D eigenvalue weighted by atomic mass is 79.9. The molecule has 0 saturated carbocycles. The molecule has 0 bridgehead atoms. The molecular formula is C16H20BrN5O3. The molecule has 9 heteroatoms. The van der Waals surface area contributed by atoms with Gasteiger partial charge in [-0.15, -0.1) is 0 Å². The number of hydrogen-bond donors (Lipinski definition) is 1. The number of nitrogens with zero attached hydrogens (tertiary/aromatic N) is 4. The van der Waals surface area contributed by atoms with Crippen molar-refractivity contribution in [2.24, 2.45) is 0 Å². The quantitative estimate of drug-likeness (QED) is 0.582. The smallest absolute Gasteiger partial charge is 0.332 e. The van der Waals surface area contributed by atoms with Crippen LogP contribution >= 0.6 is 15.9 Å². The molecule has 2 aromatic heterocycles. The highest BCUT2D eigenvalue weighted by Crippen LogP contribution is 2.19. The van der Waals surface area contributed by atoms with Gasteiger partial charge in [0.25, 0.3) is 5.91 Å². The molecule has 1 N–H and O–H groups in total. The minimum Gasteiger partial charge on any atom is -0.463 e. The van der Waals surface area contributed by atoms with Gasteiger partial charge in [0, 0.05) is 18.0 Å². The lowest BCUT2D eigenvalue weighted by molar-refractivity contribution is -0.137. The fourth-order valence-electron chi connectivity index (χ4n) is 2.15. The van der Waals surface area contributed by atoms with Gasteiger partial charge in [-0.25, -0.2) is 9.48 Å². The van der Waals surface area contributed by atoms with Gasteiger partial charge in [-0.2, -0.15) is 10.2 Å². The lowest BCUT2D eigenvalue weighted by atomic mass is 10.3. The van der Waals surface area contributed by atoms with Crippen LogP contribution in [0.4, 0.5) is 0 Å². The van der Waals surface area contributed by atoms with Crippen LogP contribution in [0.25, 0.3) is 0 Å². The number of esters is 1. The molecule has 2 aromatic rings. The normalized spacial score (nSPS) is 11.5. The highest BCUT2D eigenvalue weighted by Gasteiger charge is 2.13. The third-order valence-corrected chi connectivity index (χ3v) is 4.52. The predicted octanol–water partition coefficient (Wildman–Crippen LogP) is 2.16. The molecule has 0 aliphatic carbocycles. The van der Waals surface area contributed by atoms with E-state index in [1.807, 2.05) is 13.8 Å². The number of carbonyl (C=O) groups excluding carboxylic acids is 2. The van der Waals surface area contributed by atoms with Crippen LogP contribution in [0, 0.1) is 13.8 Å². The number of ether oxygens (including phenoxy) is 1. The largest absolute Gasteiger partial charge is 0.463 e. The SMILES string of the molecule is CCOC(=O)/C=C(\C)NC(=O)c1ccn(Cn2nc(C)c(Br)c2C)n1. The third kappa shape index (κ3) is 4.79. The fourth-order valence-corrected chi connectivity index (χ4v) is 2.44. The van der Waals surface area contributed by atoms with Crippen LogP contribution in [0.2, 0.25) is 0 Å². The van der Waals surface area contributed by atoms with Gasteiger partial charge < -0.3 is 10.1 Å². The Morgan fingerprint density at radius 2 is 2.08 bits per heavy atom. The van der Waals surface area contributed by atoms with Gasteiger partial charge in [-0.3, -0.25) is 9.48 Å². The molecular weight excluding hydrogens is 390 g/mol. The Bertz CT molecular complexity index is 822. The molecule has 0 saturated heterocycles. The van der Waals surface area contributed by atoms with Crippen LogP contribution in [0.3, 0.4) is 0 Å². The van der Waals surface area contributed by atoms with Crippen molar-refractivity contribution >= 4 is 27.8 Å². The molecule has 25 heavy (non-hydrogen) atoms. The number of carbonyl (C=O) groups is 2. The monoisotopic (exact) mass is 409 g/mol. The van der Waals surface area contributed by atoms with E-state index in [9.17, 15) is 9.59 Å². The van der Waals surface area contributed by atoms with Crippen LogP contribution in [0.5, 0.6) is 0 Å². The summed E-state index contributed by atoms with van der Waals surface area (Å²) >= 11 is 3.48. The minimum absolute atomic E-state index is 0.247. The third-order valence-electron chi connectivity index (χ3n) is 3.38. The van der Waals surface area contributed by atoms with Crippen molar-refractivity contribution < 1.29 is 14.3 Å². The van der Waals surface area contributed by atoms with E-state index in [0.29, 0.717) is 12.4 Å². The Morgan fingerprint density at radius 3 is 2.68 bits per heavy atom. The van der Waals surface area contributed by atoms with Crippen LogP contribution in [0.15, 0.2) is 28.5 Å². The first-order valence-electron chi connectivity index (χ1n) is 7.71. The number of amides is 1. The van der Waals surface area contributed by atoms with E-state index in [1.54, 1.807) is 35.5 Å². The first-order valence-corrected chi connectivity index (χ1v) is 8.50. The summed E-state index contributed by atoms with van der Waals surface area (Å²) in [5.41, 5.74) is 2.51. The summed E-state index contributed by atoms with van der Waals surface area (Å²) < 4.78 is 9.16. The first-order chi connectivity index (χ1) is 11.8. The molecule has 0 aliphatic rings. The molecule has 134 valence electrons. The van der Waals surface area contributed by atoms with Crippen molar-refractivity contribution in [2.45, 2.75) is 34.4 Å². The second-order valence-corrected chi connectivity index (χ2v) is 6.19. The number of aromatic nitrogens is 4. The topological polar surface area (TPSA) is 91.0 Å². The standard InChI is InChI=1S/C16H20BrN5O3/c1-5-25-14(23)8-10(2)18-16(24)13-6-7-21(20-13)9-22-12(4)15(17)11(3)19-22/h6-8H,5,9H2,1-4H3,(H,18,24)/b10-8+. The van der Waals surface area contributed by atoms with E-state index >= 15 is 0 Å². The van der Waals surface area contributed by atoms with Gasteiger partial charge in [0.2, 0.25) is 0 Å². The average Bonchev–Trinajstić information content (AvgIpc) is 3.09. The van der Waals surface area contributed by atoms with Crippen LogP contribution in [-0.4, -0.2) is 38.0 Å². The van der Waals surface area contributed by atoms with Crippen molar-refractivity contribution in [3.05, 3.63) is 45.6 Å². The number of allylic oxidation sites excluding steroid dienone is 1. The van der Waals surface area contributed by atoms with Gasteiger partial charge >= 0.3 is 5.97 Å². The summed E-state index contributed by atoms with van der Waals surface area (Å²) in [6.45, 7) is 7.86. The Hall–Kier alpha value is -2.42. The average molecular weight is 410 g/mol. The van der Waals surface area contributed by atoms with Crippen LogP contribution < -0.4 is 5.32 Å². The van der Waals surface area contributed by atoms with Gasteiger partial charge in [0.1, 0.15) is 6.67 Å². The van der Waals surface area contributed by atoms with E-state index in [4.69, 9.17) is 4.74 Å². The Labute approximate surface area is 154 Å². The van der Waals surface area contributed by atoms with E-state index in [0.717, 1.165) is 15.9 Å². The first kappa shape index (κ1) is 18.9. The summed E-state index contributed by atoms with van der Waals surface area (Å²) in [4.78, 5) is 23.5. The second kappa shape index (κ2) is 8.11. The van der Waals surface area contributed by atoms with Crippen molar-refractivity contribution in [1.82, 2.24) is 24.9 Å². The summed E-state index contributed by atoms with van der Waals surface area (Å²) in [7, 11) is 0. The number of halogens is 1. The zero-order valence-corrected chi connectivity index (χ0v) is 16.1. The molecule has 0 spiro atoms. The summed E-state index contributed by atoms with van der Waals surface area (Å²) in [6.07, 6.45) is 2.93. The van der Waals surface area contributed by atoms with E-state index in [-0.39, 0.29) is 12.3 Å². The van der Waals surface area contributed by atoms with Gasteiger partial charge in [-0.1, -0.05) is 0 Å². The maximum Gasteiger partial charge on any atom is 0.332 e. The molecule has 1 amide bonds. The maximum absolute atomic E-state index is 12.2. The van der Waals surface area contributed by atoms with Gasteiger partial charge in [0.15, 0.2) is 5.69 Å². The van der Waals surface area contributed by atoms with E-state index in [2.05, 4.69) is 31.4 Å². The molecule has 0 aromatic carbocycles. The lowest BCUT2D eigenvalue weighted by Crippen LogP contribution is -2.23. The van der Waals surface area contributed by atoms with Gasteiger partial charge in [0.05, 0.1) is 22.5 Å². The van der Waals surface area contributed by atoms with Crippen molar-refractivity contribution in [1.29, 1.82) is 0 Å². The summed E-state index contributed by atoms with van der Waals surface area (Å²) in [6, 6.07) is 1.60. The number of aryl methyl sites for hydroxylation is 1. The Kier molecular flexibility index (Phi) is 6.13. The fraction of sp³-hybridized carbons (Fsp3) is 0.375. The van der Waals surface area contributed by atoms with Crippen molar-refractivity contribution in [2.75, 3.05) is 6.61 Å². The van der Waals surface area contributed by atoms with E-state index < -0.39 is 11.9 Å². The number of hydrogen-bond acceptors (Lipinski definition) is 5. The molecule has 0 unspecified atom stereocenters. The van der Waals surface area contributed by atoms with Gasteiger partial charge in [-0.05, 0) is 49.7 Å².